The summed E-state index contributed by atoms with van der Waals surface area (Å²) in [7, 11) is 1.78. The Kier molecular flexibility index (Phi) is 6.20. The molecule has 1 aliphatic carbocycles. The van der Waals surface area contributed by atoms with E-state index in [-0.39, 0.29) is 24.2 Å². The molecule has 168 valence electrons. The number of anilines is 3. The summed E-state index contributed by atoms with van der Waals surface area (Å²) >= 11 is 0. The Hall–Kier alpha value is -3.69. The van der Waals surface area contributed by atoms with Gasteiger partial charge in [0.05, 0.1) is 5.69 Å². The molecular formula is C22H26N6O4. The molecule has 2 heterocycles. The van der Waals surface area contributed by atoms with Crippen molar-refractivity contribution in [2.45, 2.75) is 44.9 Å². The van der Waals surface area contributed by atoms with Crippen LogP contribution in [0, 0.1) is 12.8 Å². The van der Waals surface area contributed by atoms with Crippen LogP contribution >= 0.6 is 0 Å². The largest absolute Gasteiger partial charge is 0.481 e. The standard InChI is InChI=1S/C22H26N6O4/c1-13-11-18(28(2)27-13)24-22-26-25-21(32-22)20(31)23-17-9-7-16(8-10-17)15-5-3-14(4-6-15)12-19(29)30/h7-11,14-15H,3-6,12H2,1-2H3,(H,23,31)(H,24,26)(H,29,30)/t14-,15-. The van der Waals surface area contributed by atoms with Gasteiger partial charge in [0.2, 0.25) is 0 Å². The SMILES string of the molecule is Cc1cc(Nc2nnc(C(=O)Nc3ccc([C@H]4CC[C@H](CC(=O)O)CC4)cc3)o2)n(C)n1. The van der Waals surface area contributed by atoms with Crippen molar-refractivity contribution in [1.82, 2.24) is 20.0 Å². The minimum absolute atomic E-state index is 0.104. The van der Waals surface area contributed by atoms with Gasteiger partial charge in [-0.3, -0.25) is 19.6 Å². The van der Waals surface area contributed by atoms with E-state index in [9.17, 15) is 9.59 Å². The van der Waals surface area contributed by atoms with Gasteiger partial charge in [-0.05, 0) is 62.1 Å². The van der Waals surface area contributed by atoms with Crippen molar-refractivity contribution in [3.8, 4) is 0 Å². The molecular weight excluding hydrogens is 412 g/mol. The van der Waals surface area contributed by atoms with Crippen molar-refractivity contribution in [3.63, 3.8) is 0 Å². The first-order valence-corrected chi connectivity index (χ1v) is 10.6. The fourth-order valence-corrected chi connectivity index (χ4v) is 4.17. The second-order valence-corrected chi connectivity index (χ2v) is 8.22. The van der Waals surface area contributed by atoms with Crippen LogP contribution in [-0.2, 0) is 11.8 Å². The molecule has 0 radical (unpaired) electrons. The minimum Gasteiger partial charge on any atom is -0.481 e. The Morgan fingerprint density at radius 1 is 1.16 bits per heavy atom. The molecule has 4 rings (SSSR count). The highest BCUT2D eigenvalue weighted by atomic mass is 16.4. The number of carboxylic acids is 1. The van der Waals surface area contributed by atoms with Crippen molar-refractivity contribution in [2.75, 3.05) is 10.6 Å². The quantitative estimate of drug-likeness (QED) is 0.506. The van der Waals surface area contributed by atoms with Gasteiger partial charge in [-0.25, -0.2) is 0 Å². The highest BCUT2D eigenvalue weighted by Gasteiger charge is 2.24. The second-order valence-electron chi connectivity index (χ2n) is 8.22. The molecule has 3 N–H and O–H groups in total. The van der Waals surface area contributed by atoms with E-state index in [1.54, 1.807) is 11.7 Å². The Bertz CT molecular complexity index is 1100. The zero-order valence-electron chi connectivity index (χ0n) is 18.0. The van der Waals surface area contributed by atoms with Gasteiger partial charge in [0.25, 0.3) is 0 Å². The molecule has 0 spiro atoms. The van der Waals surface area contributed by atoms with Crippen LogP contribution in [-0.4, -0.2) is 37.0 Å². The summed E-state index contributed by atoms with van der Waals surface area (Å²) in [6.07, 6.45) is 4.09. The van der Waals surface area contributed by atoms with Crippen molar-refractivity contribution < 1.29 is 19.1 Å². The molecule has 3 aromatic rings. The molecule has 1 aromatic carbocycles. The topological polar surface area (TPSA) is 135 Å². The molecule has 0 unspecified atom stereocenters. The normalized spacial score (nSPS) is 18.3. The van der Waals surface area contributed by atoms with E-state index in [4.69, 9.17) is 9.52 Å². The molecule has 32 heavy (non-hydrogen) atoms. The summed E-state index contributed by atoms with van der Waals surface area (Å²) in [6, 6.07) is 9.64. The molecule has 1 aliphatic rings. The van der Waals surface area contributed by atoms with Gasteiger partial charge in [0.1, 0.15) is 5.82 Å². The second kappa shape index (κ2) is 9.21. The van der Waals surface area contributed by atoms with E-state index in [1.165, 1.54) is 5.56 Å². The van der Waals surface area contributed by atoms with Gasteiger partial charge < -0.3 is 14.8 Å². The molecule has 10 heteroatoms. The number of aromatic nitrogens is 4. The van der Waals surface area contributed by atoms with E-state index < -0.39 is 11.9 Å². The average Bonchev–Trinajstić information content (AvgIpc) is 3.35. The number of benzene rings is 1. The third-order valence-electron chi connectivity index (χ3n) is 5.81. The Balaban J connectivity index is 1.32. The maximum absolute atomic E-state index is 12.5. The van der Waals surface area contributed by atoms with E-state index in [0.29, 0.717) is 17.4 Å². The van der Waals surface area contributed by atoms with Crippen LogP contribution in [0.25, 0.3) is 0 Å². The first-order chi connectivity index (χ1) is 15.4. The Morgan fingerprint density at radius 2 is 1.88 bits per heavy atom. The number of nitrogens with zero attached hydrogens (tertiary/aromatic N) is 4. The van der Waals surface area contributed by atoms with E-state index >= 15 is 0 Å². The smallest absolute Gasteiger partial charge is 0.321 e. The summed E-state index contributed by atoms with van der Waals surface area (Å²) < 4.78 is 7.05. The first kappa shape index (κ1) is 21.5. The molecule has 0 bridgehead atoms. The molecule has 10 nitrogen and oxygen atoms in total. The predicted molar refractivity (Wildman–Crippen MR) is 117 cm³/mol. The van der Waals surface area contributed by atoms with Crippen molar-refractivity contribution in [3.05, 3.63) is 47.5 Å². The van der Waals surface area contributed by atoms with Gasteiger partial charge >= 0.3 is 23.8 Å². The highest BCUT2D eigenvalue weighted by Crippen LogP contribution is 2.37. The van der Waals surface area contributed by atoms with Gasteiger partial charge in [-0.2, -0.15) is 5.10 Å². The van der Waals surface area contributed by atoms with Gasteiger partial charge in [-0.15, -0.1) is 5.10 Å². The lowest BCUT2D eigenvalue weighted by Gasteiger charge is -2.28. The zero-order valence-corrected chi connectivity index (χ0v) is 18.0. The lowest BCUT2D eigenvalue weighted by Crippen LogP contribution is -2.16. The van der Waals surface area contributed by atoms with E-state index in [0.717, 1.165) is 31.4 Å². The number of hydrogen-bond acceptors (Lipinski definition) is 7. The van der Waals surface area contributed by atoms with Crippen LogP contribution in [0.3, 0.4) is 0 Å². The number of carboxylic acid groups (broad SMARTS) is 1. The van der Waals surface area contributed by atoms with Gasteiger partial charge in [0, 0.05) is 25.2 Å². The Labute approximate surface area is 185 Å². The summed E-state index contributed by atoms with van der Waals surface area (Å²) in [4.78, 5) is 23.3. The summed E-state index contributed by atoms with van der Waals surface area (Å²) in [6.45, 7) is 1.87. The van der Waals surface area contributed by atoms with Gasteiger partial charge in [-0.1, -0.05) is 17.2 Å². The number of nitrogens with one attached hydrogen (secondary N) is 2. The average molecular weight is 438 g/mol. The number of rotatable bonds is 7. The van der Waals surface area contributed by atoms with Gasteiger partial charge in [0.15, 0.2) is 0 Å². The van der Waals surface area contributed by atoms with E-state index in [2.05, 4.69) is 25.9 Å². The number of carbonyl (C=O) groups excluding carboxylic acids is 1. The van der Waals surface area contributed by atoms with Crippen LogP contribution in [0.15, 0.2) is 34.7 Å². The molecule has 0 aliphatic heterocycles. The summed E-state index contributed by atoms with van der Waals surface area (Å²) in [5.74, 6) is 0.0133. The molecule has 2 aromatic heterocycles. The fraction of sp³-hybridized carbons (Fsp3) is 0.409. The van der Waals surface area contributed by atoms with Crippen LogP contribution in [0.2, 0.25) is 0 Å². The van der Waals surface area contributed by atoms with Crippen molar-refractivity contribution in [1.29, 1.82) is 0 Å². The maximum atomic E-state index is 12.5. The van der Waals surface area contributed by atoms with Crippen LogP contribution in [0.1, 0.15) is 60.0 Å². The molecule has 1 fully saturated rings. The van der Waals surface area contributed by atoms with Crippen LogP contribution < -0.4 is 10.6 Å². The lowest BCUT2D eigenvalue weighted by molar-refractivity contribution is -0.138. The van der Waals surface area contributed by atoms with Crippen LogP contribution in [0.4, 0.5) is 17.5 Å². The monoisotopic (exact) mass is 438 g/mol. The minimum atomic E-state index is -0.718. The number of amides is 1. The van der Waals surface area contributed by atoms with Crippen molar-refractivity contribution >= 4 is 29.4 Å². The summed E-state index contributed by atoms with van der Waals surface area (Å²) in [5, 5.41) is 26.5. The van der Waals surface area contributed by atoms with E-state index in [1.807, 2.05) is 37.3 Å². The van der Waals surface area contributed by atoms with Crippen LogP contribution in [0.5, 0.6) is 0 Å². The number of aryl methyl sites for hydroxylation is 2. The molecule has 1 saturated carbocycles. The highest BCUT2D eigenvalue weighted by molar-refractivity contribution is 6.00. The van der Waals surface area contributed by atoms with Crippen molar-refractivity contribution in [2.24, 2.45) is 13.0 Å². The number of hydrogen-bond donors (Lipinski definition) is 3. The zero-order chi connectivity index (χ0) is 22.7. The molecule has 1 amide bonds. The third kappa shape index (κ3) is 5.13. The predicted octanol–water partition coefficient (Wildman–Crippen LogP) is 3.86. The molecule has 0 saturated heterocycles. The fourth-order valence-electron chi connectivity index (χ4n) is 4.17. The number of aliphatic carboxylic acids is 1. The molecule has 0 atom stereocenters. The third-order valence-corrected chi connectivity index (χ3v) is 5.81. The number of carbonyl (C=O) groups is 2. The lowest BCUT2D eigenvalue weighted by atomic mass is 9.77. The first-order valence-electron chi connectivity index (χ1n) is 10.6. The Morgan fingerprint density at radius 3 is 2.50 bits per heavy atom. The maximum Gasteiger partial charge on any atom is 0.321 e. The summed E-state index contributed by atoms with van der Waals surface area (Å²) in [5.41, 5.74) is 2.67.